The topological polar surface area (TPSA) is 59.0 Å². The number of nitrogens with one attached hydrogen (secondary N) is 2. The van der Waals surface area contributed by atoms with Crippen molar-refractivity contribution in [2.75, 3.05) is 11.9 Å². The van der Waals surface area contributed by atoms with Crippen LogP contribution in [-0.4, -0.2) is 22.2 Å². The zero-order valence-corrected chi connectivity index (χ0v) is 14.1. The molecule has 1 atom stereocenters. The van der Waals surface area contributed by atoms with E-state index in [9.17, 15) is 13.6 Å². The molecule has 1 heterocycles. The van der Waals surface area contributed by atoms with Crippen molar-refractivity contribution in [1.82, 2.24) is 15.1 Å². The summed E-state index contributed by atoms with van der Waals surface area (Å²) in [5.41, 5.74) is 0.586. The van der Waals surface area contributed by atoms with E-state index in [4.69, 9.17) is 0 Å². The summed E-state index contributed by atoms with van der Waals surface area (Å²) in [6.07, 6.45) is 6.22. The minimum Gasteiger partial charge on any atom is -0.310 e. The second-order valence-electron chi connectivity index (χ2n) is 6.42. The lowest BCUT2D eigenvalue weighted by atomic mass is 10.1. The largest absolute Gasteiger partial charge is 0.310 e. The number of aromatic nitrogens is 2. The molecule has 7 heteroatoms. The SMILES string of the molecule is C[C@H](NCC(=O)Nc1ccnn1C1CCCC1)c1ccc(F)c(F)c1. The third-order valence-electron chi connectivity index (χ3n) is 4.62. The molecule has 0 aliphatic heterocycles. The second kappa shape index (κ2) is 7.74. The predicted octanol–water partition coefficient (Wildman–Crippen LogP) is 3.57. The van der Waals surface area contributed by atoms with E-state index >= 15 is 0 Å². The molecule has 2 aromatic rings. The lowest BCUT2D eigenvalue weighted by Gasteiger charge is -2.16. The summed E-state index contributed by atoms with van der Waals surface area (Å²) in [5.74, 6) is -1.28. The van der Waals surface area contributed by atoms with Crippen LogP contribution in [0.3, 0.4) is 0 Å². The van der Waals surface area contributed by atoms with Gasteiger partial charge in [0, 0.05) is 12.1 Å². The molecule has 3 rings (SSSR count). The number of amides is 1. The molecule has 1 saturated carbocycles. The Morgan fingerprint density at radius 3 is 2.76 bits per heavy atom. The predicted molar refractivity (Wildman–Crippen MR) is 91.1 cm³/mol. The average Bonchev–Trinajstić information content (AvgIpc) is 3.26. The Morgan fingerprint density at radius 1 is 1.28 bits per heavy atom. The fourth-order valence-corrected chi connectivity index (χ4v) is 3.19. The van der Waals surface area contributed by atoms with Crippen LogP contribution in [0.2, 0.25) is 0 Å². The number of hydrogen-bond donors (Lipinski definition) is 2. The smallest absolute Gasteiger partial charge is 0.239 e. The van der Waals surface area contributed by atoms with Crippen molar-refractivity contribution in [3.63, 3.8) is 0 Å². The van der Waals surface area contributed by atoms with Gasteiger partial charge in [-0.15, -0.1) is 0 Å². The zero-order chi connectivity index (χ0) is 17.8. The van der Waals surface area contributed by atoms with Crippen LogP contribution in [0.15, 0.2) is 30.5 Å². The summed E-state index contributed by atoms with van der Waals surface area (Å²) in [4.78, 5) is 12.2. The Labute approximate surface area is 145 Å². The van der Waals surface area contributed by atoms with E-state index in [1.807, 2.05) is 4.68 Å². The van der Waals surface area contributed by atoms with Gasteiger partial charge in [-0.2, -0.15) is 5.10 Å². The highest BCUT2D eigenvalue weighted by atomic mass is 19.2. The fraction of sp³-hybridized carbons (Fsp3) is 0.444. The highest BCUT2D eigenvalue weighted by Crippen LogP contribution is 2.31. The summed E-state index contributed by atoms with van der Waals surface area (Å²) in [6, 6.07) is 5.58. The first kappa shape index (κ1) is 17.5. The molecule has 25 heavy (non-hydrogen) atoms. The second-order valence-corrected chi connectivity index (χ2v) is 6.42. The van der Waals surface area contributed by atoms with Gasteiger partial charge >= 0.3 is 0 Å². The van der Waals surface area contributed by atoms with Crippen molar-refractivity contribution in [3.8, 4) is 0 Å². The van der Waals surface area contributed by atoms with Gasteiger partial charge in [0.05, 0.1) is 18.8 Å². The van der Waals surface area contributed by atoms with Crippen LogP contribution in [0.25, 0.3) is 0 Å². The zero-order valence-electron chi connectivity index (χ0n) is 14.1. The molecule has 5 nitrogen and oxygen atoms in total. The van der Waals surface area contributed by atoms with Gasteiger partial charge in [0.25, 0.3) is 0 Å². The number of rotatable bonds is 6. The van der Waals surface area contributed by atoms with Crippen LogP contribution in [0, 0.1) is 11.6 Å². The molecule has 2 N–H and O–H groups in total. The number of anilines is 1. The Bertz CT molecular complexity index is 740. The van der Waals surface area contributed by atoms with E-state index < -0.39 is 11.6 Å². The lowest BCUT2D eigenvalue weighted by molar-refractivity contribution is -0.115. The van der Waals surface area contributed by atoms with Crippen molar-refractivity contribution >= 4 is 11.7 Å². The molecular formula is C18H22F2N4O. The van der Waals surface area contributed by atoms with Crippen LogP contribution in [0.5, 0.6) is 0 Å². The molecule has 1 aliphatic carbocycles. The van der Waals surface area contributed by atoms with Crippen LogP contribution >= 0.6 is 0 Å². The molecule has 0 radical (unpaired) electrons. The van der Waals surface area contributed by atoms with Gasteiger partial charge in [0.1, 0.15) is 5.82 Å². The van der Waals surface area contributed by atoms with Gasteiger partial charge in [-0.05, 0) is 37.5 Å². The number of carbonyl (C=O) groups excluding carboxylic acids is 1. The molecule has 0 bridgehead atoms. The quantitative estimate of drug-likeness (QED) is 0.839. The summed E-state index contributed by atoms with van der Waals surface area (Å²) in [5, 5.41) is 10.2. The Morgan fingerprint density at radius 2 is 2.04 bits per heavy atom. The van der Waals surface area contributed by atoms with E-state index in [0.717, 1.165) is 25.0 Å². The molecule has 134 valence electrons. The molecule has 0 spiro atoms. The first-order chi connectivity index (χ1) is 12.0. The normalized spacial score (nSPS) is 16.1. The number of halogens is 2. The van der Waals surface area contributed by atoms with Crippen molar-refractivity contribution in [2.24, 2.45) is 0 Å². The number of hydrogen-bond acceptors (Lipinski definition) is 3. The first-order valence-electron chi connectivity index (χ1n) is 8.56. The maximum absolute atomic E-state index is 13.3. The number of nitrogens with zero attached hydrogens (tertiary/aromatic N) is 2. The third kappa shape index (κ3) is 4.22. The minimum absolute atomic E-state index is 0.0655. The van der Waals surface area contributed by atoms with Crippen LogP contribution in [-0.2, 0) is 4.79 Å². The average molecular weight is 348 g/mol. The summed E-state index contributed by atoms with van der Waals surface area (Å²) in [7, 11) is 0. The maximum atomic E-state index is 13.3. The fourth-order valence-electron chi connectivity index (χ4n) is 3.19. The first-order valence-corrected chi connectivity index (χ1v) is 8.56. The molecule has 0 unspecified atom stereocenters. The summed E-state index contributed by atoms with van der Waals surface area (Å²) >= 11 is 0. The van der Waals surface area contributed by atoms with E-state index in [2.05, 4.69) is 15.7 Å². The third-order valence-corrected chi connectivity index (χ3v) is 4.62. The standard InChI is InChI=1S/C18H22F2N4O/c1-12(13-6-7-15(19)16(20)10-13)21-11-18(25)23-17-8-9-22-24(17)14-4-2-3-5-14/h6-10,12,14,21H,2-5,11H2,1H3,(H,23,25)/t12-/m0/s1. The Hall–Kier alpha value is -2.28. The molecular weight excluding hydrogens is 326 g/mol. The van der Waals surface area contributed by atoms with E-state index in [1.54, 1.807) is 19.2 Å². The summed E-state index contributed by atoms with van der Waals surface area (Å²) < 4.78 is 28.2. The van der Waals surface area contributed by atoms with Gasteiger partial charge in [0.15, 0.2) is 11.6 Å². The summed E-state index contributed by atoms with van der Waals surface area (Å²) in [6.45, 7) is 1.86. The van der Waals surface area contributed by atoms with Crippen molar-refractivity contribution in [3.05, 3.63) is 47.7 Å². The van der Waals surface area contributed by atoms with Crippen LogP contribution in [0.1, 0.15) is 50.3 Å². The molecule has 1 aromatic carbocycles. The van der Waals surface area contributed by atoms with Gasteiger partial charge in [-0.3, -0.25) is 4.79 Å². The van der Waals surface area contributed by atoms with Crippen molar-refractivity contribution in [1.29, 1.82) is 0 Å². The Balaban J connectivity index is 1.54. The van der Waals surface area contributed by atoms with Crippen LogP contribution < -0.4 is 10.6 Å². The number of carbonyl (C=O) groups is 1. The van der Waals surface area contributed by atoms with Crippen molar-refractivity contribution in [2.45, 2.75) is 44.7 Å². The van der Waals surface area contributed by atoms with Gasteiger partial charge in [-0.1, -0.05) is 18.9 Å². The van der Waals surface area contributed by atoms with E-state index in [-0.39, 0.29) is 18.5 Å². The monoisotopic (exact) mass is 348 g/mol. The lowest BCUT2D eigenvalue weighted by Crippen LogP contribution is -2.31. The highest BCUT2D eigenvalue weighted by molar-refractivity contribution is 5.91. The van der Waals surface area contributed by atoms with Crippen LogP contribution in [0.4, 0.5) is 14.6 Å². The molecule has 1 aromatic heterocycles. The molecule has 1 aliphatic rings. The van der Waals surface area contributed by atoms with Crippen molar-refractivity contribution < 1.29 is 13.6 Å². The van der Waals surface area contributed by atoms with Gasteiger partial charge in [-0.25, -0.2) is 13.5 Å². The molecule has 0 saturated heterocycles. The van der Waals surface area contributed by atoms with E-state index in [0.29, 0.717) is 17.4 Å². The highest BCUT2D eigenvalue weighted by Gasteiger charge is 2.20. The number of benzene rings is 1. The van der Waals surface area contributed by atoms with Gasteiger partial charge < -0.3 is 10.6 Å². The molecule has 1 amide bonds. The van der Waals surface area contributed by atoms with Gasteiger partial charge in [0.2, 0.25) is 5.91 Å². The van der Waals surface area contributed by atoms with E-state index in [1.165, 1.54) is 18.9 Å². The molecule has 1 fully saturated rings. The minimum atomic E-state index is -0.893. The maximum Gasteiger partial charge on any atom is 0.239 e. The Kier molecular flexibility index (Phi) is 5.43.